The molecule has 3 heteroatoms. The molecule has 23 heavy (non-hydrogen) atoms. The molecule has 123 valence electrons. The minimum absolute atomic E-state index is 0.0558. The summed E-state index contributed by atoms with van der Waals surface area (Å²) in [7, 11) is -0.784. The molecule has 0 saturated heterocycles. The van der Waals surface area contributed by atoms with Crippen molar-refractivity contribution in [2.45, 2.75) is 46.4 Å². The fraction of sp³-hybridized carbons (Fsp3) is 0.400. The molecule has 0 aliphatic carbocycles. The van der Waals surface area contributed by atoms with Gasteiger partial charge in [0.2, 0.25) is 9.04 Å². The van der Waals surface area contributed by atoms with E-state index in [-0.39, 0.29) is 11.5 Å². The fourth-order valence-corrected chi connectivity index (χ4v) is 3.75. The monoisotopic (exact) mass is 326 g/mol. The van der Waals surface area contributed by atoms with Gasteiger partial charge in [0, 0.05) is 5.69 Å². The number of hydrogen-bond donors (Lipinski definition) is 1. The van der Waals surface area contributed by atoms with Gasteiger partial charge in [0.05, 0.1) is 6.10 Å². The highest BCUT2D eigenvalue weighted by atomic mass is 28.3. The Morgan fingerprint density at radius 3 is 2.09 bits per heavy atom. The van der Waals surface area contributed by atoms with Crippen LogP contribution in [-0.4, -0.2) is 9.04 Å². The second-order valence-corrected chi connectivity index (χ2v) is 9.40. The lowest BCUT2D eigenvalue weighted by molar-refractivity contribution is 0.0859. The van der Waals surface area contributed by atoms with Crippen LogP contribution in [0.1, 0.15) is 43.6 Å². The van der Waals surface area contributed by atoms with E-state index < -0.39 is 9.04 Å². The Morgan fingerprint density at radius 1 is 0.957 bits per heavy atom. The molecule has 1 radical (unpaired) electrons. The number of para-hydroxylation sites is 1. The average molecular weight is 327 g/mol. The standard InChI is InChI=1S/C20H28NOSi/c1-20(2,3)19(22-23(4)5)17-12-8-6-10-15(17)14-16-11-7-9-13-18(16)21/h6-13,19H,14,21H2,1-5H3. The van der Waals surface area contributed by atoms with Gasteiger partial charge in [-0.05, 0) is 47.7 Å². The van der Waals surface area contributed by atoms with Gasteiger partial charge >= 0.3 is 0 Å². The maximum absolute atomic E-state index is 6.38. The van der Waals surface area contributed by atoms with Gasteiger partial charge < -0.3 is 10.2 Å². The maximum atomic E-state index is 6.38. The molecular weight excluding hydrogens is 298 g/mol. The van der Waals surface area contributed by atoms with Gasteiger partial charge in [-0.3, -0.25) is 0 Å². The van der Waals surface area contributed by atoms with E-state index in [0.717, 1.165) is 12.1 Å². The van der Waals surface area contributed by atoms with Gasteiger partial charge in [-0.2, -0.15) is 0 Å². The highest BCUT2D eigenvalue weighted by Crippen LogP contribution is 2.38. The third-order valence-corrected chi connectivity index (χ3v) is 4.62. The minimum atomic E-state index is -0.784. The van der Waals surface area contributed by atoms with E-state index in [1.54, 1.807) is 0 Å². The van der Waals surface area contributed by atoms with Crippen LogP contribution in [0.2, 0.25) is 13.1 Å². The third-order valence-electron chi connectivity index (χ3n) is 3.91. The first-order valence-corrected chi connectivity index (χ1v) is 10.6. The number of nitrogen functional groups attached to an aromatic ring is 1. The third kappa shape index (κ3) is 4.69. The van der Waals surface area contributed by atoms with Crippen molar-refractivity contribution in [2.75, 3.05) is 5.73 Å². The summed E-state index contributed by atoms with van der Waals surface area (Å²) >= 11 is 0. The molecule has 0 saturated carbocycles. The first kappa shape index (κ1) is 17.8. The van der Waals surface area contributed by atoms with Crippen molar-refractivity contribution in [3.8, 4) is 0 Å². The Labute approximate surface area is 142 Å². The number of nitrogens with two attached hydrogens (primary N) is 1. The molecule has 0 heterocycles. The van der Waals surface area contributed by atoms with Crippen molar-refractivity contribution >= 4 is 14.7 Å². The molecule has 2 aromatic rings. The van der Waals surface area contributed by atoms with E-state index in [0.29, 0.717) is 0 Å². The number of benzene rings is 2. The van der Waals surface area contributed by atoms with Crippen molar-refractivity contribution in [2.24, 2.45) is 5.41 Å². The zero-order valence-corrected chi connectivity index (χ0v) is 15.9. The van der Waals surface area contributed by atoms with Crippen LogP contribution in [0, 0.1) is 5.41 Å². The largest absolute Gasteiger partial charge is 0.410 e. The Hall–Kier alpha value is -1.58. The topological polar surface area (TPSA) is 35.2 Å². The van der Waals surface area contributed by atoms with Crippen LogP contribution >= 0.6 is 0 Å². The van der Waals surface area contributed by atoms with Crippen molar-refractivity contribution in [3.63, 3.8) is 0 Å². The molecule has 0 fully saturated rings. The smallest absolute Gasteiger partial charge is 0.205 e. The van der Waals surface area contributed by atoms with E-state index >= 15 is 0 Å². The van der Waals surface area contributed by atoms with Crippen LogP contribution in [0.5, 0.6) is 0 Å². The summed E-state index contributed by atoms with van der Waals surface area (Å²) in [6.45, 7) is 11.1. The van der Waals surface area contributed by atoms with Crippen molar-refractivity contribution < 1.29 is 4.43 Å². The zero-order valence-electron chi connectivity index (χ0n) is 14.9. The minimum Gasteiger partial charge on any atom is -0.410 e. The molecule has 0 bridgehead atoms. The van der Waals surface area contributed by atoms with Crippen LogP contribution in [0.15, 0.2) is 48.5 Å². The van der Waals surface area contributed by atoms with E-state index in [9.17, 15) is 0 Å². The molecule has 1 unspecified atom stereocenters. The maximum Gasteiger partial charge on any atom is 0.205 e. The molecule has 0 amide bonds. The Bertz CT molecular complexity index is 646. The normalized spacial score (nSPS) is 13.3. The number of hydrogen-bond acceptors (Lipinski definition) is 2. The van der Waals surface area contributed by atoms with E-state index in [2.05, 4.69) is 64.2 Å². The van der Waals surface area contributed by atoms with Crippen molar-refractivity contribution in [3.05, 3.63) is 65.2 Å². The predicted molar refractivity (Wildman–Crippen MR) is 101 cm³/mol. The lowest BCUT2D eigenvalue weighted by Gasteiger charge is -2.34. The molecule has 1 atom stereocenters. The quantitative estimate of drug-likeness (QED) is 0.604. The second kappa shape index (κ2) is 7.32. The van der Waals surface area contributed by atoms with Crippen molar-refractivity contribution in [1.82, 2.24) is 0 Å². The molecule has 2 rings (SSSR count). The van der Waals surface area contributed by atoms with Crippen LogP contribution in [0.4, 0.5) is 5.69 Å². The molecular formula is C20H28NOSi. The van der Waals surface area contributed by atoms with Crippen molar-refractivity contribution in [1.29, 1.82) is 0 Å². The van der Waals surface area contributed by atoms with Gasteiger partial charge in [0.25, 0.3) is 0 Å². The highest BCUT2D eigenvalue weighted by molar-refractivity contribution is 6.48. The summed E-state index contributed by atoms with van der Waals surface area (Å²) in [5, 5.41) is 0. The Balaban J connectivity index is 2.41. The summed E-state index contributed by atoms with van der Waals surface area (Å²) in [6, 6.07) is 16.7. The van der Waals surface area contributed by atoms with Gasteiger partial charge in [0.1, 0.15) is 0 Å². The Morgan fingerprint density at radius 2 is 1.52 bits per heavy atom. The Kier molecular flexibility index (Phi) is 5.66. The van der Waals surface area contributed by atoms with E-state index in [1.165, 1.54) is 16.7 Å². The molecule has 0 spiro atoms. The highest BCUT2D eigenvalue weighted by Gasteiger charge is 2.29. The number of anilines is 1. The zero-order chi connectivity index (χ0) is 17.0. The summed E-state index contributed by atoms with van der Waals surface area (Å²) in [6.07, 6.45) is 0.946. The first-order valence-electron chi connectivity index (χ1n) is 8.17. The van der Waals surface area contributed by atoms with Crippen LogP contribution < -0.4 is 5.73 Å². The average Bonchev–Trinajstić information content (AvgIpc) is 2.47. The predicted octanol–water partition coefficient (Wildman–Crippen LogP) is 5.21. The van der Waals surface area contributed by atoms with Gasteiger partial charge in [-0.1, -0.05) is 63.2 Å². The SMILES string of the molecule is C[Si](C)OC(c1ccccc1Cc1ccccc1N)C(C)(C)C. The summed E-state index contributed by atoms with van der Waals surface area (Å²) in [5.74, 6) is 0. The fourth-order valence-electron chi connectivity index (χ4n) is 2.79. The second-order valence-electron chi connectivity index (χ2n) is 7.35. The van der Waals surface area contributed by atoms with Crippen LogP contribution in [-0.2, 0) is 10.8 Å². The molecule has 0 aromatic heterocycles. The first-order chi connectivity index (χ1) is 10.8. The summed E-state index contributed by atoms with van der Waals surface area (Å²) in [4.78, 5) is 0. The van der Waals surface area contributed by atoms with Crippen LogP contribution in [0.25, 0.3) is 0 Å². The lowest BCUT2D eigenvalue weighted by atomic mass is 9.82. The van der Waals surface area contributed by atoms with Gasteiger partial charge in [-0.15, -0.1) is 0 Å². The number of rotatable bonds is 5. The lowest BCUT2D eigenvalue weighted by Crippen LogP contribution is -2.26. The van der Waals surface area contributed by atoms with Gasteiger partial charge in [-0.25, -0.2) is 0 Å². The molecule has 2 N–H and O–H groups in total. The summed E-state index contributed by atoms with van der Waals surface area (Å²) in [5.41, 5.74) is 10.8. The molecule has 0 aliphatic heterocycles. The summed E-state index contributed by atoms with van der Waals surface area (Å²) < 4.78 is 6.38. The van der Waals surface area contributed by atoms with E-state index in [4.69, 9.17) is 10.2 Å². The van der Waals surface area contributed by atoms with Gasteiger partial charge in [0.15, 0.2) is 0 Å². The van der Waals surface area contributed by atoms with Crippen LogP contribution in [0.3, 0.4) is 0 Å². The molecule has 2 nitrogen and oxygen atoms in total. The molecule has 0 aliphatic rings. The van der Waals surface area contributed by atoms with E-state index in [1.807, 2.05) is 18.2 Å². The molecule has 2 aromatic carbocycles.